The van der Waals surface area contributed by atoms with Crippen LogP contribution in [0.25, 0.3) is 0 Å². The van der Waals surface area contributed by atoms with Gasteiger partial charge in [0.05, 0.1) is 25.0 Å². The first-order chi connectivity index (χ1) is 18.5. The first-order valence-corrected chi connectivity index (χ1v) is 13.6. The van der Waals surface area contributed by atoms with Gasteiger partial charge in [-0.2, -0.15) is 5.10 Å². The molecule has 2 aromatic rings. The highest BCUT2D eigenvalue weighted by Gasteiger charge is 2.35. The SMILES string of the molecule is Cc1ccc(C2=NN(C(=O)CN(CCN3CCOCC3)C(=O)NC(C)(C)C)C(c3ccc(F)cc3)C2)cc1C. The number of urea groups is 1. The molecule has 1 N–H and O–H groups in total. The van der Waals surface area contributed by atoms with Crippen LogP contribution in [0.2, 0.25) is 0 Å². The van der Waals surface area contributed by atoms with E-state index in [1.807, 2.05) is 26.8 Å². The van der Waals surface area contributed by atoms with Crippen molar-refractivity contribution in [3.05, 3.63) is 70.5 Å². The zero-order chi connectivity index (χ0) is 28.2. The molecule has 0 radical (unpaired) electrons. The zero-order valence-corrected chi connectivity index (χ0v) is 23.7. The van der Waals surface area contributed by atoms with Crippen LogP contribution in [0.15, 0.2) is 47.6 Å². The van der Waals surface area contributed by atoms with Gasteiger partial charge in [0.15, 0.2) is 0 Å². The fraction of sp³-hybridized carbons (Fsp3) is 0.500. The third kappa shape index (κ3) is 7.64. The standard InChI is InChI=1S/C30H40FN5O3/c1-21-6-7-24(18-22(21)2)26-19-27(23-8-10-25(31)11-9-23)36(33-26)28(37)20-35(29(38)32-30(3,4)5)13-12-34-14-16-39-17-15-34/h6-11,18,27H,12-17,19-20H2,1-5H3,(H,32,38). The Labute approximate surface area is 230 Å². The molecule has 2 aliphatic rings. The molecule has 210 valence electrons. The van der Waals surface area contributed by atoms with Crippen molar-refractivity contribution in [3.63, 3.8) is 0 Å². The number of carbonyl (C=O) groups excluding carboxylic acids is 2. The molecule has 0 aliphatic carbocycles. The molecular formula is C30H40FN5O3. The monoisotopic (exact) mass is 537 g/mol. The molecule has 0 saturated carbocycles. The second kappa shape index (κ2) is 12.3. The number of rotatable bonds is 7. The molecule has 39 heavy (non-hydrogen) atoms. The first-order valence-electron chi connectivity index (χ1n) is 13.6. The average Bonchev–Trinajstić information content (AvgIpc) is 3.34. The van der Waals surface area contributed by atoms with Crippen LogP contribution in [0.5, 0.6) is 0 Å². The van der Waals surface area contributed by atoms with E-state index >= 15 is 0 Å². The Bertz CT molecular complexity index is 1200. The van der Waals surface area contributed by atoms with E-state index in [9.17, 15) is 14.0 Å². The van der Waals surface area contributed by atoms with Crippen molar-refractivity contribution >= 4 is 17.6 Å². The van der Waals surface area contributed by atoms with Crippen LogP contribution < -0.4 is 5.32 Å². The van der Waals surface area contributed by atoms with Crippen molar-refractivity contribution < 1.29 is 18.7 Å². The Morgan fingerprint density at radius 2 is 1.77 bits per heavy atom. The Morgan fingerprint density at radius 3 is 2.41 bits per heavy atom. The van der Waals surface area contributed by atoms with Gasteiger partial charge in [-0.25, -0.2) is 14.2 Å². The van der Waals surface area contributed by atoms with Crippen LogP contribution in [0, 0.1) is 19.7 Å². The molecule has 0 bridgehead atoms. The van der Waals surface area contributed by atoms with Crippen LogP contribution in [0.3, 0.4) is 0 Å². The molecule has 1 saturated heterocycles. The van der Waals surface area contributed by atoms with Crippen LogP contribution >= 0.6 is 0 Å². The van der Waals surface area contributed by atoms with E-state index in [1.165, 1.54) is 22.7 Å². The number of nitrogens with one attached hydrogen (secondary N) is 1. The topological polar surface area (TPSA) is 77.5 Å². The summed E-state index contributed by atoms with van der Waals surface area (Å²) in [6.07, 6.45) is 0.502. The summed E-state index contributed by atoms with van der Waals surface area (Å²) >= 11 is 0. The number of hydrogen-bond acceptors (Lipinski definition) is 5. The fourth-order valence-corrected chi connectivity index (χ4v) is 4.76. The number of amides is 3. The number of hydrazone groups is 1. The lowest BCUT2D eigenvalue weighted by Crippen LogP contribution is -2.53. The van der Waals surface area contributed by atoms with Crippen molar-refractivity contribution in [2.45, 2.75) is 52.6 Å². The van der Waals surface area contributed by atoms with E-state index in [1.54, 1.807) is 17.0 Å². The molecule has 1 atom stereocenters. The summed E-state index contributed by atoms with van der Waals surface area (Å²) < 4.78 is 19.2. The predicted octanol–water partition coefficient (Wildman–Crippen LogP) is 4.26. The number of hydrogen-bond donors (Lipinski definition) is 1. The summed E-state index contributed by atoms with van der Waals surface area (Å²) in [6.45, 7) is 13.7. The summed E-state index contributed by atoms with van der Waals surface area (Å²) in [4.78, 5) is 30.9. The molecule has 2 aliphatic heterocycles. The number of nitrogens with zero attached hydrogens (tertiary/aromatic N) is 4. The normalized spacial score (nSPS) is 18.2. The summed E-state index contributed by atoms with van der Waals surface area (Å²) in [6, 6.07) is 11.7. The molecule has 0 spiro atoms. The van der Waals surface area contributed by atoms with Gasteiger partial charge in [-0.3, -0.25) is 9.69 Å². The van der Waals surface area contributed by atoms with Crippen LogP contribution in [0.4, 0.5) is 9.18 Å². The molecule has 9 heteroatoms. The molecule has 8 nitrogen and oxygen atoms in total. The van der Waals surface area contributed by atoms with Crippen LogP contribution in [-0.4, -0.2) is 83.9 Å². The van der Waals surface area contributed by atoms with E-state index in [2.05, 4.69) is 36.2 Å². The molecular weight excluding hydrogens is 497 g/mol. The number of benzene rings is 2. The summed E-state index contributed by atoms with van der Waals surface area (Å²) in [5.74, 6) is -0.618. The van der Waals surface area contributed by atoms with Crippen LogP contribution in [-0.2, 0) is 9.53 Å². The maximum Gasteiger partial charge on any atom is 0.318 e. The van der Waals surface area contributed by atoms with Gasteiger partial charge in [-0.1, -0.05) is 24.3 Å². The molecule has 1 unspecified atom stereocenters. The minimum Gasteiger partial charge on any atom is -0.379 e. The third-order valence-corrected chi connectivity index (χ3v) is 7.15. The van der Waals surface area contributed by atoms with E-state index in [-0.39, 0.29) is 30.3 Å². The van der Waals surface area contributed by atoms with Gasteiger partial charge in [-0.05, 0) is 75.1 Å². The van der Waals surface area contributed by atoms with Crippen molar-refractivity contribution in [2.24, 2.45) is 5.10 Å². The van der Waals surface area contributed by atoms with Gasteiger partial charge in [0, 0.05) is 38.1 Å². The fourth-order valence-electron chi connectivity index (χ4n) is 4.76. The molecule has 0 aromatic heterocycles. The average molecular weight is 538 g/mol. The first kappa shape index (κ1) is 28.7. The van der Waals surface area contributed by atoms with E-state index in [0.29, 0.717) is 32.7 Å². The molecule has 2 aromatic carbocycles. The van der Waals surface area contributed by atoms with Gasteiger partial charge in [0.25, 0.3) is 5.91 Å². The Morgan fingerprint density at radius 1 is 1.08 bits per heavy atom. The van der Waals surface area contributed by atoms with E-state index < -0.39 is 5.54 Å². The van der Waals surface area contributed by atoms with Gasteiger partial charge < -0.3 is 15.0 Å². The number of aryl methyl sites for hydroxylation is 2. The van der Waals surface area contributed by atoms with Crippen molar-refractivity contribution in [2.75, 3.05) is 45.9 Å². The highest BCUT2D eigenvalue weighted by atomic mass is 19.1. The zero-order valence-electron chi connectivity index (χ0n) is 23.7. The maximum absolute atomic E-state index is 13.8. The summed E-state index contributed by atoms with van der Waals surface area (Å²) in [5, 5.41) is 9.24. The largest absolute Gasteiger partial charge is 0.379 e. The highest BCUT2D eigenvalue weighted by molar-refractivity contribution is 6.03. The van der Waals surface area contributed by atoms with Crippen molar-refractivity contribution in [3.8, 4) is 0 Å². The highest BCUT2D eigenvalue weighted by Crippen LogP contribution is 2.33. The number of carbonyl (C=O) groups is 2. The lowest BCUT2D eigenvalue weighted by Gasteiger charge is -2.32. The molecule has 3 amide bonds. The predicted molar refractivity (Wildman–Crippen MR) is 150 cm³/mol. The lowest BCUT2D eigenvalue weighted by atomic mass is 9.96. The Kier molecular flexibility index (Phi) is 9.02. The quantitative estimate of drug-likeness (QED) is 0.573. The van der Waals surface area contributed by atoms with Crippen molar-refractivity contribution in [1.82, 2.24) is 20.1 Å². The minimum absolute atomic E-state index is 0.117. The Balaban J connectivity index is 1.58. The van der Waals surface area contributed by atoms with E-state index in [4.69, 9.17) is 9.84 Å². The second-order valence-corrected chi connectivity index (χ2v) is 11.4. The van der Waals surface area contributed by atoms with Gasteiger partial charge in [0.2, 0.25) is 0 Å². The number of ether oxygens (including phenoxy) is 1. The minimum atomic E-state index is -0.448. The van der Waals surface area contributed by atoms with Crippen LogP contribution in [0.1, 0.15) is 55.5 Å². The van der Waals surface area contributed by atoms with Gasteiger partial charge >= 0.3 is 6.03 Å². The third-order valence-electron chi connectivity index (χ3n) is 7.15. The molecule has 1 fully saturated rings. The molecule has 4 rings (SSSR count). The summed E-state index contributed by atoms with van der Waals surface area (Å²) in [5.41, 5.74) is 4.42. The lowest BCUT2D eigenvalue weighted by molar-refractivity contribution is -0.133. The number of morpholine rings is 1. The second-order valence-electron chi connectivity index (χ2n) is 11.4. The van der Waals surface area contributed by atoms with Gasteiger partial charge in [-0.15, -0.1) is 0 Å². The molecule has 2 heterocycles. The van der Waals surface area contributed by atoms with E-state index in [0.717, 1.165) is 35.5 Å². The summed E-state index contributed by atoms with van der Waals surface area (Å²) in [7, 11) is 0. The number of halogens is 1. The van der Waals surface area contributed by atoms with Gasteiger partial charge in [0.1, 0.15) is 12.4 Å². The maximum atomic E-state index is 13.8. The Hall–Kier alpha value is -3.30. The smallest absolute Gasteiger partial charge is 0.318 e. The van der Waals surface area contributed by atoms with Crippen molar-refractivity contribution in [1.29, 1.82) is 0 Å².